The minimum absolute atomic E-state index is 0.299. The Hall–Kier alpha value is -0.970. The van der Waals surface area contributed by atoms with E-state index in [1.165, 1.54) is 0 Å². The van der Waals surface area contributed by atoms with Crippen LogP contribution in [-0.2, 0) is 0 Å². The minimum atomic E-state index is -5.56. The van der Waals surface area contributed by atoms with Crippen LogP contribution < -0.4 is 0 Å². The fraction of sp³-hybridized carbons (Fsp3) is 0.500. The van der Waals surface area contributed by atoms with Crippen LogP contribution in [0.5, 0.6) is 0 Å². The quantitative estimate of drug-likeness (QED) is 0.433. The van der Waals surface area contributed by atoms with Gasteiger partial charge in [0.2, 0.25) is 0 Å². The molecule has 0 heterocycles. The normalized spacial score (nSPS) is 12.5. The van der Waals surface area contributed by atoms with Gasteiger partial charge in [-0.15, -0.1) is 0 Å². The molecule has 7 heteroatoms. The van der Waals surface area contributed by atoms with Gasteiger partial charge in [0.25, 0.3) is 0 Å². The van der Waals surface area contributed by atoms with Gasteiger partial charge in [-0.05, 0) is 5.87 Å². The van der Waals surface area contributed by atoms with Crippen molar-refractivity contribution in [1.29, 1.82) is 5.41 Å². The first-order valence-corrected chi connectivity index (χ1v) is 2.13. The molecule has 0 saturated heterocycles. The van der Waals surface area contributed by atoms with E-state index >= 15 is 0 Å². The zero-order valence-corrected chi connectivity index (χ0v) is 4.77. The van der Waals surface area contributed by atoms with Gasteiger partial charge in [-0.1, -0.05) is 0 Å². The Morgan fingerprint density at radius 1 is 0.909 bits per heavy atom. The van der Waals surface area contributed by atoms with Crippen molar-refractivity contribution >= 4 is 5.87 Å². The van der Waals surface area contributed by atoms with Gasteiger partial charge in [0.05, 0.1) is 0 Å². The van der Waals surface area contributed by atoms with Gasteiger partial charge in [0.1, 0.15) is 0 Å². The molecule has 1 nitrogen and oxygen atoms in total. The summed E-state index contributed by atoms with van der Waals surface area (Å²) in [7, 11) is 0. The van der Waals surface area contributed by atoms with Crippen LogP contribution in [0.1, 0.15) is 0 Å². The maximum atomic E-state index is 11.3. The van der Waals surface area contributed by atoms with Crippen molar-refractivity contribution in [3.63, 3.8) is 0 Å². The predicted octanol–water partition coefficient (Wildman–Crippen LogP) is 2.29. The molecule has 0 rings (SSSR count). The second-order valence-corrected chi connectivity index (χ2v) is 1.50. The monoisotopic (exact) mass is 177 g/mol. The third kappa shape index (κ3) is 2.63. The lowest BCUT2D eigenvalue weighted by atomic mass is 10.3. The third-order valence-corrected chi connectivity index (χ3v) is 0.692. The lowest BCUT2D eigenvalue weighted by molar-refractivity contribution is -0.169. The van der Waals surface area contributed by atoms with E-state index in [2.05, 4.69) is 0 Å². The second kappa shape index (κ2) is 2.58. The highest BCUT2D eigenvalue weighted by Crippen LogP contribution is 2.36. The largest absolute Gasteiger partial charge is 0.430 e. The molecule has 0 aromatic heterocycles. The summed E-state index contributed by atoms with van der Waals surface area (Å²) in [6.45, 7) is 0. The van der Waals surface area contributed by atoms with E-state index in [1.54, 1.807) is 0 Å². The Kier molecular flexibility index (Phi) is 2.35. The fourth-order valence-corrected chi connectivity index (χ4v) is 0.302. The maximum Gasteiger partial charge on any atom is 0.430 e. The fourth-order valence-electron chi connectivity index (χ4n) is 0.302. The van der Waals surface area contributed by atoms with Gasteiger partial charge < -0.3 is 0 Å². The van der Waals surface area contributed by atoms with E-state index in [0.29, 0.717) is 5.87 Å². The van der Waals surface area contributed by atoms with Gasteiger partial charge in [-0.2, -0.15) is 26.3 Å². The van der Waals surface area contributed by atoms with Crippen molar-refractivity contribution in [3.05, 3.63) is 5.57 Å². The summed E-state index contributed by atoms with van der Waals surface area (Å²) >= 11 is 0. The lowest BCUT2D eigenvalue weighted by Gasteiger charge is -2.10. The second-order valence-electron chi connectivity index (χ2n) is 1.50. The maximum absolute atomic E-state index is 11.3. The first-order chi connectivity index (χ1) is 4.69. The molecule has 0 aliphatic heterocycles. The highest BCUT2D eigenvalue weighted by molar-refractivity contribution is 5.58. The smallest absolute Gasteiger partial charge is 0.258 e. The predicted molar refractivity (Wildman–Crippen MR) is 23.3 cm³/mol. The van der Waals surface area contributed by atoms with E-state index in [0.717, 1.165) is 0 Å². The Morgan fingerprint density at radius 2 is 1.18 bits per heavy atom. The number of rotatable bonds is 0. The highest BCUT2D eigenvalue weighted by Gasteiger charge is 2.51. The Balaban J connectivity index is 4.90. The summed E-state index contributed by atoms with van der Waals surface area (Å²) < 4.78 is 67.7. The van der Waals surface area contributed by atoms with E-state index in [-0.39, 0.29) is 0 Å². The van der Waals surface area contributed by atoms with Gasteiger partial charge in [0, 0.05) is 0 Å². The average Bonchev–Trinajstić information content (AvgIpc) is 1.56. The molecule has 0 saturated carbocycles. The summed E-state index contributed by atoms with van der Waals surface area (Å²) in [5.41, 5.74) is -2.93. The number of hydrogen-bond donors (Lipinski definition) is 1. The molecule has 0 atom stereocenters. The summed E-state index contributed by atoms with van der Waals surface area (Å²) in [6, 6.07) is 0. The average molecular weight is 177 g/mol. The van der Waals surface area contributed by atoms with Gasteiger partial charge in [-0.25, -0.2) is 0 Å². The molecule has 64 valence electrons. The Labute approximate surface area is 56.8 Å². The van der Waals surface area contributed by atoms with E-state index in [1.807, 2.05) is 0 Å². The molecule has 0 aromatic carbocycles. The SMILES string of the molecule is N=C=C(C(F)(F)F)C(F)(F)F. The number of hydrogen-bond acceptors (Lipinski definition) is 1. The number of allylic oxidation sites excluding steroid dienone is 1. The number of alkyl halides is 6. The number of nitrogens with one attached hydrogen (secondary N) is 1. The molecular weight excluding hydrogens is 176 g/mol. The molecule has 0 fully saturated rings. The van der Waals surface area contributed by atoms with Crippen LogP contribution in [-0.4, -0.2) is 18.2 Å². The van der Waals surface area contributed by atoms with Crippen molar-refractivity contribution in [2.45, 2.75) is 12.4 Å². The molecule has 0 spiro atoms. The van der Waals surface area contributed by atoms with Crippen molar-refractivity contribution in [2.24, 2.45) is 0 Å². The summed E-state index contributed by atoms with van der Waals surface area (Å²) in [6.07, 6.45) is -11.1. The van der Waals surface area contributed by atoms with Crippen molar-refractivity contribution in [1.82, 2.24) is 0 Å². The molecule has 0 aromatic rings. The third-order valence-electron chi connectivity index (χ3n) is 0.692. The van der Waals surface area contributed by atoms with Crippen LogP contribution in [0.2, 0.25) is 0 Å². The molecule has 0 aliphatic carbocycles. The van der Waals surface area contributed by atoms with Crippen LogP contribution in [0.15, 0.2) is 5.57 Å². The van der Waals surface area contributed by atoms with Gasteiger partial charge >= 0.3 is 12.4 Å². The molecule has 0 aliphatic rings. The highest BCUT2D eigenvalue weighted by atomic mass is 19.4. The van der Waals surface area contributed by atoms with Gasteiger partial charge in [-0.3, -0.25) is 5.41 Å². The van der Waals surface area contributed by atoms with Crippen LogP contribution in [0.3, 0.4) is 0 Å². The molecule has 0 radical (unpaired) electrons. The van der Waals surface area contributed by atoms with Crippen LogP contribution in [0.25, 0.3) is 0 Å². The molecule has 11 heavy (non-hydrogen) atoms. The summed E-state index contributed by atoms with van der Waals surface area (Å²) in [5, 5.41) is 5.74. The zero-order valence-electron chi connectivity index (χ0n) is 4.77. The number of halogens is 6. The molecular formula is C4HF6N. The molecule has 1 N–H and O–H groups in total. The topological polar surface area (TPSA) is 23.9 Å². The zero-order chi connectivity index (χ0) is 9.28. The van der Waals surface area contributed by atoms with Crippen LogP contribution in [0.4, 0.5) is 26.3 Å². The summed E-state index contributed by atoms with van der Waals surface area (Å²) in [4.78, 5) is 0. The van der Waals surface area contributed by atoms with Crippen LogP contribution in [0, 0.1) is 5.41 Å². The Morgan fingerprint density at radius 3 is 1.18 bits per heavy atom. The molecule has 0 bridgehead atoms. The minimum Gasteiger partial charge on any atom is -0.258 e. The van der Waals surface area contributed by atoms with Crippen molar-refractivity contribution in [3.8, 4) is 0 Å². The first-order valence-electron chi connectivity index (χ1n) is 2.13. The van der Waals surface area contributed by atoms with Gasteiger partial charge in [0.15, 0.2) is 5.57 Å². The van der Waals surface area contributed by atoms with Crippen molar-refractivity contribution in [2.75, 3.05) is 0 Å². The Bertz CT molecular complexity index is 176. The van der Waals surface area contributed by atoms with E-state index in [4.69, 9.17) is 5.41 Å². The standard InChI is InChI=1S/C4HF6N/c5-3(6,7)2(1-11)4(8,9)10/h11H. The van der Waals surface area contributed by atoms with Crippen LogP contribution >= 0.6 is 0 Å². The van der Waals surface area contributed by atoms with E-state index < -0.39 is 17.9 Å². The molecule has 0 amide bonds. The first kappa shape index (κ1) is 10.0. The van der Waals surface area contributed by atoms with E-state index in [9.17, 15) is 26.3 Å². The lowest BCUT2D eigenvalue weighted by Crippen LogP contribution is -2.26. The molecule has 0 unspecified atom stereocenters. The van der Waals surface area contributed by atoms with Crippen molar-refractivity contribution < 1.29 is 26.3 Å². The summed E-state index contributed by atoms with van der Waals surface area (Å²) in [5.74, 6) is 0.299.